The van der Waals surface area contributed by atoms with Crippen LogP contribution in [0.4, 0.5) is 13.2 Å². The molecular formula is C19H24F3N3O2. The summed E-state index contributed by atoms with van der Waals surface area (Å²) in [6.45, 7) is 6.39. The second-order valence-corrected chi connectivity index (χ2v) is 6.89. The van der Waals surface area contributed by atoms with Gasteiger partial charge in [0.1, 0.15) is 11.4 Å². The molecule has 0 unspecified atom stereocenters. The summed E-state index contributed by atoms with van der Waals surface area (Å²) >= 11 is 0. The summed E-state index contributed by atoms with van der Waals surface area (Å²) in [4.78, 5) is 4.49. The van der Waals surface area contributed by atoms with E-state index in [1.54, 1.807) is 18.2 Å². The van der Waals surface area contributed by atoms with Crippen LogP contribution in [0.25, 0.3) is 11.3 Å². The molecule has 1 aliphatic heterocycles. The van der Waals surface area contributed by atoms with Crippen LogP contribution in [-0.2, 0) is 13.0 Å². The van der Waals surface area contributed by atoms with Crippen LogP contribution < -0.4 is 4.74 Å². The SMILES string of the molecule is CCCc1ccc(OC(F)(F)F)c(-c2cc(CN3CCN(C)CC3)on2)c1. The standard InChI is InChI=1S/C19H24F3N3O2/c1-3-4-14-5-6-18(26-19(20,21)22)16(11-14)17-12-15(27-23-17)13-25-9-7-24(2)8-10-25/h5-6,11-12H,3-4,7-10,13H2,1-2H3. The number of likely N-dealkylation sites (N-methyl/N-ethyl adjacent to an activating group) is 1. The number of nitrogens with zero attached hydrogens (tertiary/aromatic N) is 3. The fraction of sp³-hybridized carbons (Fsp3) is 0.526. The molecule has 1 aliphatic rings. The van der Waals surface area contributed by atoms with Crippen molar-refractivity contribution in [1.82, 2.24) is 15.0 Å². The van der Waals surface area contributed by atoms with Crippen LogP contribution >= 0.6 is 0 Å². The summed E-state index contributed by atoms with van der Waals surface area (Å²) < 4.78 is 47.8. The van der Waals surface area contributed by atoms with Crippen LogP contribution in [0.3, 0.4) is 0 Å². The monoisotopic (exact) mass is 383 g/mol. The first-order valence-electron chi connectivity index (χ1n) is 9.09. The minimum absolute atomic E-state index is 0.262. The van der Waals surface area contributed by atoms with Gasteiger partial charge in [0.25, 0.3) is 0 Å². The Labute approximate surface area is 156 Å². The number of aryl methyl sites for hydroxylation is 1. The van der Waals surface area contributed by atoms with Crippen LogP contribution in [-0.4, -0.2) is 54.5 Å². The summed E-state index contributed by atoms with van der Waals surface area (Å²) in [5.41, 5.74) is 1.59. The third kappa shape index (κ3) is 5.46. The van der Waals surface area contributed by atoms with Gasteiger partial charge in [-0.1, -0.05) is 24.6 Å². The smallest absolute Gasteiger partial charge is 0.405 e. The average Bonchev–Trinajstić information content (AvgIpc) is 3.06. The number of halogens is 3. The van der Waals surface area contributed by atoms with Crippen molar-refractivity contribution in [3.8, 4) is 17.0 Å². The Kier molecular flexibility index (Phi) is 6.06. The number of rotatable bonds is 6. The summed E-state index contributed by atoms with van der Waals surface area (Å²) in [6, 6.07) is 6.40. The van der Waals surface area contributed by atoms with Gasteiger partial charge in [-0.15, -0.1) is 13.2 Å². The lowest BCUT2D eigenvalue weighted by atomic mass is 10.0. The average molecular weight is 383 g/mol. The molecule has 0 aliphatic carbocycles. The lowest BCUT2D eigenvalue weighted by molar-refractivity contribution is -0.274. The third-order valence-corrected chi connectivity index (χ3v) is 4.62. The molecule has 0 N–H and O–H groups in total. The molecule has 8 heteroatoms. The predicted molar refractivity (Wildman–Crippen MR) is 95.4 cm³/mol. The van der Waals surface area contributed by atoms with E-state index in [1.165, 1.54) is 6.07 Å². The van der Waals surface area contributed by atoms with Crippen LogP contribution in [0.1, 0.15) is 24.7 Å². The fourth-order valence-corrected chi connectivity index (χ4v) is 3.18. The minimum atomic E-state index is -4.76. The number of benzene rings is 1. The number of ether oxygens (including phenoxy) is 1. The molecule has 0 bridgehead atoms. The molecular weight excluding hydrogens is 359 g/mol. The number of aromatic nitrogens is 1. The van der Waals surface area contributed by atoms with Gasteiger partial charge in [-0.05, 0) is 31.2 Å². The maximum absolute atomic E-state index is 12.8. The Bertz CT molecular complexity index is 753. The number of hydrogen-bond acceptors (Lipinski definition) is 5. The zero-order valence-electron chi connectivity index (χ0n) is 15.6. The zero-order valence-corrected chi connectivity index (χ0v) is 15.6. The summed E-state index contributed by atoms with van der Waals surface area (Å²) in [7, 11) is 2.08. The fourth-order valence-electron chi connectivity index (χ4n) is 3.18. The molecule has 1 aromatic carbocycles. The first-order chi connectivity index (χ1) is 12.8. The molecule has 2 aromatic rings. The predicted octanol–water partition coefficient (Wildman–Crippen LogP) is 3.94. The number of hydrogen-bond donors (Lipinski definition) is 0. The van der Waals surface area contributed by atoms with Crippen LogP contribution in [0.2, 0.25) is 0 Å². The van der Waals surface area contributed by atoms with Crippen molar-refractivity contribution in [2.45, 2.75) is 32.7 Å². The second kappa shape index (κ2) is 8.31. The van der Waals surface area contributed by atoms with E-state index >= 15 is 0 Å². The van der Waals surface area contributed by atoms with E-state index in [9.17, 15) is 13.2 Å². The van der Waals surface area contributed by atoms with Gasteiger partial charge < -0.3 is 14.2 Å². The molecule has 1 aromatic heterocycles. The van der Waals surface area contributed by atoms with E-state index in [1.807, 2.05) is 6.92 Å². The van der Waals surface area contributed by atoms with E-state index in [4.69, 9.17) is 4.52 Å². The Morgan fingerprint density at radius 1 is 1.15 bits per heavy atom. The van der Waals surface area contributed by atoms with Crippen molar-refractivity contribution in [2.75, 3.05) is 33.2 Å². The maximum atomic E-state index is 12.8. The molecule has 5 nitrogen and oxygen atoms in total. The third-order valence-electron chi connectivity index (χ3n) is 4.62. The molecule has 0 saturated carbocycles. The number of piperazine rings is 1. The molecule has 0 amide bonds. The summed E-state index contributed by atoms with van der Waals surface area (Å²) in [5, 5.41) is 4.00. The summed E-state index contributed by atoms with van der Waals surface area (Å²) in [5.74, 6) is 0.371. The van der Waals surface area contributed by atoms with Crippen molar-refractivity contribution in [1.29, 1.82) is 0 Å². The van der Waals surface area contributed by atoms with E-state index in [-0.39, 0.29) is 5.75 Å². The molecule has 2 heterocycles. The van der Waals surface area contributed by atoms with Gasteiger partial charge in [0.05, 0.1) is 6.54 Å². The van der Waals surface area contributed by atoms with Gasteiger partial charge in [-0.3, -0.25) is 4.90 Å². The first-order valence-corrected chi connectivity index (χ1v) is 9.09. The molecule has 1 saturated heterocycles. The highest BCUT2D eigenvalue weighted by Gasteiger charge is 2.32. The molecule has 0 spiro atoms. The molecule has 0 atom stereocenters. The van der Waals surface area contributed by atoms with Crippen molar-refractivity contribution in [3.05, 3.63) is 35.6 Å². The van der Waals surface area contributed by atoms with Gasteiger partial charge in [0, 0.05) is 37.8 Å². The van der Waals surface area contributed by atoms with E-state index < -0.39 is 6.36 Å². The Hall–Kier alpha value is -2.06. The van der Waals surface area contributed by atoms with E-state index in [2.05, 4.69) is 26.7 Å². The van der Waals surface area contributed by atoms with Gasteiger partial charge in [0.15, 0.2) is 5.76 Å². The lowest BCUT2D eigenvalue weighted by Gasteiger charge is -2.31. The largest absolute Gasteiger partial charge is 0.573 e. The van der Waals surface area contributed by atoms with Gasteiger partial charge >= 0.3 is 6.36 Å². The topological polar surface area (TPSA) is 41.7 Å². The Balaban J connectivity index is 1.81. The van der Waals surface area contributed by atoms with Crippen LogP contribution in [0.5, 0.6) is 5.75 Å². The molecule has 27 heavy (non-hydrogen) atoms. The minimum Gasteiger partial charge on any atom is -0.405 e. The van der Waals surface area contributed by atoms with Crippen molar-refractivity contribution in [3.63, 3.8) is 0 Å². The van der Waals surface area contributed by atoms with Crippen molar-refractivity contribution < 1.29 is 22.4 Å². The van der Waals surface area contributed by atoms with Gasteiger partial charge in [-0.25, -0.2) is 0 Å². The molecule has 3 rings (SSSR count). The van der Waals surface area contributed by atoms with Crippen molar-refractivity contribution in [2.24, 2.45) is 0 Å². The highest BCUT2D eigenvalue weighted by molar-refractivity contribution is 5.68. The van der Waals surface area contributed by atoms with E-state index in [0.717, 1.165) is 44.6 Å². The lowest BCUT2D eigenvalue weighted by Crippen LogP contribution is -2.43. The molecule has 148 valence electrons. The van der Waals surface area contributed by atoms with E-state index in [0.29, 0.717) is 23.6 Å². The first kappa shape index (κ1) is 19.7. The van der Waals surface area contributed by atoms with Crippen LogP contribution in [0, 0.1) is 0 Å². The highest BCUT2D eigenvalue weighted by atomic mass is 19.4. The second-order valence-electron chi connectivity index (χ2n) is 6.89. The zero-order chi connectivity index (χ0) is 19.4. The maximum Gasteiger partial charge on any atom is 0.573 e. The Morgan fingerprint density at radius 3 is 2.56 bits per heavy atom. The normalized spacial score (nSPS) is 16.6. The Morgan fingerprint density at radius 2 is 1.89 bits per heavy atom. The van der Waals surface area contributed by atoms with Gasteiger partial charge in [-0.2, -0.15) is 0 Å². The number of alkyl halides is 3. The van der Waals surface area contributed by atoms with Crippen LogP contribution in [0.15, 0.2) is 28.8 Å². The molecule has 0 radical (unpaired) electrons. The molecule has 1 fully saturated rings. The highest BCUT2D eigenvalue weighted by Crippen LogP contribution is 2.35. The van der Waals surface area contributed by atoms with Gasteiger partial charge in [0.2, 0.25) is 0 Å². The van der Waals surface area contributed by atoms with Crippen molar-refractivity contribution >= 4 is 0 Å². The quantitative estimate of drug-likeness (QED) is 0.756. The summed E-state index contributed by atoms with van der Waals surface area (Å²) in [6.07, 6.45) is -3.09.